The number of anilines is 1. The number of hydrogen-bond acceptors (Lipinski definition) is 4. The predicted molar refractivity (Wildman–Crippen MR) is 117 cm³/mol. The Morgan fingerprint density at radius 1 is 1.00 bits per heavy atom. The van der Waals surface area contributed by atoms with Crippen LogP contribution >= 0.6 is 0 Å². The van der Waals surface area contributed by atoms with E-state index >= 15 is 0 Å². The quantitative estimate of drug-likeness (QED) is 0.686. The Hall–Kier alpha value is -2.73. The fourth-order valence-corrected chi connectivity index (χ4v) is 4.78. The van der Waals surface area contributed by atoms with Crippen molar-refractivity contribution in [3.63, 3.8) is 0 Å². The molecular formula is C24H30N4O2. The molecule has 2 aromatic rings. The molecule has 3 N–H and O–H groups in total. The molecule has 1 aromatic carbocycles. The number of carbonyl (C=O) groups is 2. The second-order valence-electron chi connectivity index (χ2n) is 8.35. The number of nitrogens with one attached hydrogen (secondary N) is 3. The van der Waals surface area contributed by atoms with Crippen LogP contribution in [-0.4, -0.2) is 29.4 Å². The first kappa shape index (κ1) is 20.5. The van der Waals surface area contributed by atoms with Gasteiger partial charge in [-0.2, -0.15) is 0 Å². The summed E-state index contributed by atoms with van der Waals surface area (Å²) in [6.07, 6.45) is 9.19. The van der Waals surface area contributed by atoms with Crippen LogP contribution in [-0.2, 0) is 11.3 Å². The summed E-state index contributed by atoms with van der Waals surface area (Å²) in [5.74, 6) is 0.973. The molecule has 6 nitrogen and oxygen atoms in total. The molecule has 158 valence electrons. The lowest BCUT2D eigenvalue weighted by Crippen LogP contribution is -2.42. The van der Waals surface area contributed by atoms with Gasteiger partial charge in [-0.1, -0.05) is 38.2 Å². The molecule has 1 aliphatic carbocycles. The number of nitrogens with zero attached hydrogens (tertiary/aromatic N) is 1. The molecule has 2 fully saturated rings. The maximum absolute atomic E-state index is 12.9. The van der Waals surface area contributed by atoms with Crippen LogP contribution in [0.4, 0.5) is 5.69 Å². The van der Waals surface area contributed by atoms with E-state index in [1.807, 2.05) is 18.2 Å². The molecule has 4 rings (SSSR count). The third kappa shape index (κ3) is 5.05. The molecule has 2 aliphatic rings. The number of amides is 2. The Kier molecular flexibility index (Phi) is 6.74. The zero-order valence-electron chi connectivity index (χ0n) is 17.3. The number of aromatic nitrogens is 1. The normalized spacial score (nSPS) is 21.9. The van der Waals surface area contributed by atoms with Crippen LogP contribution < -0.4 is 16.0 Å². The van der Waals surface area contributed by atoms with Gasteiger partial charge in [-0.05, 0) is 61.2 Å². The Balaban J connectivity index is 1.31. The molecule has 1 aliphatic heterocycles. The first-order valence-electron chi connectivity index (χ1n) is 11.0. The highest BCUT2D eigenvalue weighted by molar-refractivity contribution is 5.97. The maximum Gasteiger partial charge on any atom is 0.251 e. The van der Waals surface area contributed by atoms with Gasteiger partial charge in [0.15, 0.2) is 0 Å². The Morgan fingerprint density at radius 3 is 2.53 bits per heavy atom. The SMILES string of the molecule is O=C(NCc1ccccn1)c1ccc(NC(=O)[C@H]2NCCC2C2CCCCC2)cc1. The number of hydrogen-bond donors (Lipinski definition) is 3. The Labute approximate surface area is 177 Å². The van der Waals surface area contributed by atoms with Gasteiger partial charge in [0.25, 0.3) is 5.91 Å². The van der Waals surface area contributed by atoms with Crippen molar-refractivity contribution < 1.29 is 9.59 Å². The van der Waals surface area contributed by atoms with Crippen molar-refractivity contribution in [3.8, 4) is 0 Å². The molecule has 0 radical (unpaired) electrons. The van der Waals surface area contributed by atoms with E-state index in [1.54, 1.807) is 30.5 Å². The van der Waals surface area contributed by atoms with E-state index in [1.165, 1.54) is 32.1 Å². The summed E-state index contributed by atoms with van der Waals surface area (Å²) in [5, 5.41) is 9.30. The van der Waals surface area contributed by atoms with Crippen LogP contribution in [0, 0.1) is 11.8 Å². The number of rotatable bonds is 6. The van der Waals surface area contributed by atoms with E-state index in [0.717, 1.165) is 24.3 Å². The fourth-order valence-electron chi connectivity index (χ4n) is 4.78. The van der Waals surface area contributed by atoms with E-state index in [2.05, 4.69) is 20.9 Å². The number of pyridine rings is 1. The van der Waals surface area contributed by atoms with Crippen LogP contribution in [0.25, 0.3) is 0 Å². The number of benzene rings is 1. The van der Waals surface area contributed by atoms with E-state index in [4.69, 9.17) is 0 Å². The lowest BCUT2D eigenvalue weighted by atomic mass is 9.76. The summed E-state index contributed by atoms with van der Waals surface area (Å²) in [5.41, 5.74) is 2.09. The summed E-state index contributed by atoms with van der Waals surface area (Å²) in [6.45, 7) is 1.29. The minimum Gasteiger partial charge on any atom is -0.346 e. The van der Waals surface area contributed by atoms with Gasteiger partial charge in [0, 0.05) is 17.4 Å². The summed E-state index contributed by atoms with van der Waals surface area (Å²) in [4.78, 5) is 29.4. The molecule has 2 amide bonds. The highest BCUT2D eigenvalue weighted by Crippen LogP contribution is 2.36. The molecule has 0 bridgehead atoms. The van der Waals surface area contributed by atoms with E-state index < -0.39 is 0 Å². The minimum absolute atomic E-state index is 0.0374. The highest BCUT2D eigenvalue weighted by Gasteiger charge is 2.38. The van der Waals surface area contributed by atoms with Gasteiger partial charge in [-0.15, -0.1) is 0 Å². The van der Waals surface area contributed by atoms with Crippen LogP contribution in [0.1, 0.15) is 54.6 Å². The standard InChI is InChI=1S/C24H30N4O2/c29-23(27-16-20-8-4-5-14-25-20)18-9-11-19(12-10-18)28-24(30)22-21(13-15-26-22)17-6-2-1-3-7-17/h4-5,8-12,14,17,21-22,26H,1-3,6-7,13,15-16H2,(H,27,29)(H,28,30)/t21?,22-/m0/s1. The van der Waals surface area contributed by atoms with Gasteiger partial charge < -0.3 is 16.0 Å². The second-order valence-corrected chi connectivity index (χ2v) is 8.35. The molecule has 30 heavy (non-hydrogen) atoms. The third-order valence-corrected chi connectivity index (χ3v) is 6.38. The van der Waals surface area contributed by atoms with Gasteiger partial charge in [0.05, 0.1) is 18.3 Å². The van der Waals surface area contributed by atoms with E-state index in [0.29, 0.717) is 23.9 Å². The fraction of sp³-hybridized carbons (Fsp3) is 0.458. The monoisotopic (exact) mass is 406 g/mol. The lowest BCUT2D eigenvalue weighted by Gasteiger charge is -2.30. The van der Waals surface area contributed by atoms with Crippen molar-refractivity contribution in [1.29, 1.82) is 0 Å². The summed E-state index contributed by atoms with van der Waals surface area (Å²) in [6, 6.07) is 12.6. The smallest absolute Gasteiger partial charge is 0.251 e. The number of carbonyl (C=O) groups excluding carboxylic acids is 2. The largest absolute Gasteiger partial charge is 0.346 e. The van der Waals surface area contributed by atoms with Crippen molar-refractivity contribution in [1.82, 2.24) is 15.6 Å². The first-order valence-corrected chi connectivity index (χ1v) is 11.0. The van der Waals surface area contributed by atoms with Gasteiger partial charge in [0.1, 0.15) is 0 Å². The second kappa shape index (κ2) is 9.85. The molecule has 1 unspecified atom stereocenters. The summed E-state index contributed by atoms with van der Waals surface area (Å²) in [7, 11) is 0. The maximum atomic E-state index is 12.9. The van der Waals surface area contributed by atoms with Crippen molar-refractivity contribution in [3.05, 3.63) is 59.9 Å². The predicted octanol–water partition coefficient (Wildman–Crippen LogP) is 3.51. The average Bonchev–Trinajstić information content (AvgIpc) is 3.29. The average molecular weight is 407 g/mol. The van der Waals surface area contributed by atoms with Crippen molar-refractivity contribution in [2.45, 2.75) is 51.1 Å². The van der Waals surface area contributed by atoms with Crippen molar-refractivity contribution >= 4 is 17.5 Å². The molecule has 2 atom stereocenters. The van der Waals surface area contributed by atoms with Crippen LogP contribution in [0.2, 0.25) is 0 Å². The van der Waals surface area contributed by atoms with E-state index in [-0.39, 0.29) is 17.9 Å². The zero-order valence-corrected chi connectivity index (χ0v) is 17.3. The summed E-state index contributed by atoms with van der Waals surface area (Å²) < 4.78 is 0. The Morgan fingerprint density at radius 2 is 1.80 bits per heavy atom. The molecule has 1 saturated heterocycles. The molecule has 0 spiro atoms. The molecular weight excluding hydrogens is 376 g/mol. The van der Waals surface area contributed by atoms with Crippen molar-refractivity contribution in [2.24, 2.45) is 11.8 Å². The van der Waals surface area contributed by atoms with Crippen molar-refractivity contribution in [2.75, 3.05) is 11.9 Å². The van der Waals surface area contributed by atoms with Gasteiger partial charge in [0.2, 0.25) is 5.91 Å². The molecule has 1 aromatic heterocycles. The highest BCUT2D eigenvalue weighted by atomic mass is 16.2. The Bertz CT molecular complexity index is 847. The van der Waals surface area contributed by atoms with Gasteiger partial charge in [-0.25, -0.2) is 0 Å². The zero-order chi connectivity index (χ0) is 20.8. The molecule has 1 saturated carbocycles. The molecule has 6 heteroatoms. The van der Waals surface area contributed by atoms with Crippen LogP contribution in [0.3, 0.4) is 0 Å². The van der Waals surface area contributed by atoms with Crippen LogP contribution in [0.15, 0.2) is 48.7 Å². The van der Waals surface area contributed by atoms with Gasteiger partial charge in [-0.3, -0.25) is 14.6 Å². The third-order valence-electron chi connectivity index (χ3n) is 6.38. The van der Waals surface area contributed by atoms with Gasteiger partial charge >= 0.3 is 0 Å². The lowest BCUT2D eigenvalue weighted by molar-refractivity contribution is -0.119. The topological polar surface area (TPSA) is 83.1 Å². The minimum atomic E-state index is -0.159. The van der Waals surface area contributed by atoms with Crippen LogP contribution in [0.5, 0.6) is 0 Å². The first-order chi connectivity index (χ1) is 14.7. The molecule has 2 heterocycles. The van der Waals surface area contributed by atoms with E-state index in [9.17, 15) is 9.59 Å². The summed E-state index contributed by atoms with van der Waals surface area (Å²) >= 11 is 0.